The van der Waals surface area contributed by atoms with Gasteiger partial charge in [0, 0.05) is 37.7 Å². The Hall–Kier alpha value is -2.84. The number of amides is 2. The van der Waals surface area contributed by atoms with Gasteiger partial charge in [-0.15, -0.1) is 0 Å². The Balaban J connectivity index is 1.41. The zero-order valence-electron chi connectivity index (χ0n) is 18.1. The summed E-state index contributed by atoms with van der Waals surface area (Å²) in [5.74, 6) is 0.840. The molecule has 2 aromatic rings. The van der Waals surface area contributed by atoms with Crippen LogP contribution in [0.4, 0.5) is 13.2 Å². The lowest BCUT2D eigenvalue weighted by Crippen LogP contribution is -2.56. The topological polar surface area (TPSA) is 66.7 Å². The molecular weight excluding hydrogens is 423 g/mol. The number of hydrogen-bond donors (Lipinski definition) is 0. The van der Waals surface area contributed by atoms with E-state index in [2.05, 4.69) is 5.16 Å². The maximum absolute atomic E-state index is 12.9. The molecule has 2 aliphatic heterocycles. The van der Waals surface area contributed by atoms with Crippen molar-refractivity contribution in [1.82, 2.24) is 15.0 Å². The first-order chi connectivity index (χ1) is 15.1. The molecule has 0 unspecified atom stereocenters. The Kier molecular flexibility index (Phi) is 6.01. The van der Waals surface area contributed by atoms with Gasteiger partial charge in [-0.2, -0.15) is 13.2 Å². The summed E-state index contributed by atoms with van der Waals surface area (Å²) in [5, 5.41) is 3.90. The van der Waals surface area contributed by atoms with Crippen LogP contribution in [0.2, 0.25) is 0 Å². The molecule has 1 aromatic carbocycles. The predicted molar refractivity (Wildman–Crippen MR) is 109 cm³/mol. The van der Waals surface area contributed by atoms with Crippen molar-refractivity contribution in [2.24, 2.45) is 5.92 Å². The molecule has 2 atom stereocenters. The molecule has 2 amide bonds. The van der Waals surface area contributed by atoms with Crippen LogP contribution in [0.25, 0.3) is 0 Å². The molecule has 172 valence electrons. The molecule has 0 bridgehead atoms. The second kappa shape index (κ2) is 8.60. The maximum Gasteiger partial charge on any atom is 0.416 e. The first kappa shape index (κ1) is 22.4. The van der Waals surface area contributed by atoms with E-state index in [1.165, 1.54) is 12.1 Å². The number of aryl methyl sites for hydroxylation is 2. The molecule has 0 radical (unpaired) electrons. The summed E-state index contributed by atoms with van der Waals surface area (Å²) in [5.41, 5.74) is 1.51. The quantitative estimate of drug-likeness (QED) is 0.710. The highest BCUT2D eigenvalue weighted by atomic mass is 19.4. The summed E-state index contributed by atoms with van der Waals surface area (Å²) in [4.78, 5) is 29.1. The van der Waals surface area contributed by atoms with Crippen LogP contribution < -0.4 is 0 Å². The number of nitrogens with zero attached hydrogens (tertiary/aromatic N) is 3. The molecular formula is C23H26F3N3O3. The molecule has 6 nitrogen and oxygen atoms in total. The summed E-state index contributed by atoms with van der Waals surface area (Å²) in [6.45, 7) is 5.01. The highest BCUT2D eigenvalue weighted by Gasteiger charge is 2.40. The fourth-order valence-electron chi connectivity index (χ4n) is 4.80. The normalized spacial score (nSPS) is 21.6. The average molecular weight is 449 g/mol. The highest BCUT2D eigenvalue weighted by Crippen LogP contribution is 2.34. The zero-order chi connectivity index (χ0) is 23.0. The number of piperidine rings is 2. The molecule has 3 heterocycles. The molecule has 4 rings (SSSR count). The fraction of sp³-hybridized carbons (Fsp3) is 0.522. The van der Waals surface area contributed by atoms with Crippen LogP contribution in [0.5, 0.6) is 0 Å². The Labute approximate surface area is 184 Å². The van der Waals surface area contributed by atoms with Gasteiger partial charge in [-0.1, -0.05) is 17.3 Å². The van der Waals surface area contributed by atoms with E-state index in [1.807, 2.05) is 11.8 Å². The van der Waals surface area contributed by atoms with Crippen LogP contribution in [0.3, 0.4) is 0 Å². The van der Waals surface area contributed by atoms with Gasteiger partial charge in [0.05, 0.1) is 17.7 Å². The van der Waals surface area contributed by atoms with E-state index in [4.69, 9.17) is 4.52 Å². The molecule has 0 N–H and O–H groups in total. The van der Waals surface area contributed by atoms with Gasteiger partial charge in [0.1, 0.15) is 5.76 Å². The average Bonchev–Trinajstić information content (AvgIpc) is 3.07. The van der Waals surface area contributed by atoms with Gasteiger partial charge in [-0.05, 0) is 50.3 Å². The summed E-state index contributed by atoms with van der Waals surface area (Å²) in [6, 6.07) is 4.96. The summed E-state index contributed by atoms with van der Waals surface area (Å²) in [6.07, 6.45) is -2.39. The SMILES string of the molecule is Cc1noc(C)c1CC(=O)N1CC[C@H]2[C@H](CCC(=O)N2Cc2ccc(C(F)(F)F)cc2)C1. The lowest BCUT2D eigenvalue weighted by molar-refractivity contribution is -0.145. The fourth-order valence-corrected chi connectivity index (χ4v) is 4.80. The van der Waals surface area contributed by atoms with E-state index in [0.717, 1.165) is 23.4 Å². The highest BCUT2D eigenvalue weighted by molar-refractivity contribution is 5.80. The smallest absolute Gasteiger partial charge is 0.361 e. The van der Waals surface area contributed by atoms with Gasteiger partial charge < -0.3 is 14.3 Å². The van der Waals surface area contributed by atoms with Crippen molar-refractivity contribution in [2.75, 3.05) is 13.1 Å². The number of benzene rings is 1. The zero-order valence-corrected chi connectivity index (χ0v) is 18.1. The van der Waals surface area contributed by atoms with Gasteiger partial charge in [0.2, 0.25) is 11.8 Å². The minimum absolute atomic E-state index is 0.0124. The number of hydrogen-bond acceptors (Lipinski definition) is 4. The molecule has 0 spiro atoms. The Morgan fingerprint density at radius 3 is 2.53 bits per heavy atom. The van der Waals surface area contributed by atoms with Crippen LogP contribution in [-0.2, 0) is 28.7 Å². The number of aromatic nitrogens is 1. The molecule has 0 aliphatic carbocycles. The number of carbonyl (C=O) groups excluding carboxylic acids is 2. The Bertz CT molecular complexity index is 981. The van der Waals surface area contributed by atoms with Crippen LogP contribution >= 0.6 is 0 Å². The van der Waals surface area contributed by atoms with Gasteiger partial charge >= 0.3 is 6.18 Å². The molecule has 32 heavy (non-hydrogen) atoms. The standard InChI is InChI=1S/C23H26F3N3O3/c1-14-19(15(2)32-27-14)11-22(31)28-10-9-20-17(13-28)5-8-21(30)29(20)12-16-3-6-18(7-4-16)23(24,25)26/h3-4,6-7,17,20H,5,8-13H2,1-2H3/t17-,20+/m1/s1. The van der Waals surface area contributed by atoms with Crippen molar-refractivity contribution >= 4 is 11.8 Å². The third-order valence-corrected chi connectivity index (χ3v) is 6.64. The van der Waals surface area contributed by atoms with E-state index >= 15 is 0 Å². The third kappa shape index (κ3) is 4.52. The van der Waals surface area contributed by atoms with Crippen LogP contribution in [-0.4, -0.2) is 45.9 Å². The Morgan fingerprint density at radius 1 is 1.19 bits per heavy atom. The number of halogens is 3. The van der Waals surface area contributed by atoms with Gasteiger partial charge in [-0.25, -0.2) is 0 Å². The maximum atomic E-state index is 12.9. The number of alkyl halides is 3. The van der Waals surface area contributed by atoms with Gasteiger partial charge in [0.25, 0.3) is 0 Å². The first-order valence-corrected chi connectivity index (χ1v) is 10.8. The largest absolute Gasteiger partial charge is 0.416 e. The number of rotatable bonds is 4. The molecule has 2 saturated heterocycles. The monoisotopic (exact) mass is 449 g/mol. The molecule has 0 saturated carbocycles. The van der Waals surface area contributed by atoms with E-state index in [1.54, 1.807) is 11.8 Å². The summed E-state index contributed by atoms with van der Waals surface area (Å²) >= 11 is 0. The minimum Gasteiger partial charge on any atom is -0.361 e. The van der Waals surface area contributed by atoms with E-state index in [9.17, 15) is 22.8 Å². The minimum atomic E-state index is -4.38. The first-order valence-electron chi connectivity index (χ1n) is 10.8. The number of carbonyl (C=O) groups is 2. The van der Waals surface area contributed by atoms with Crippen molar-refractivity contribution in [3.63, 3.8) is 0 Å². The lowest BCUT2D eigenvalue weighted by Gasteiger charge is -2.47. The second-order valence-electron chi connectivity index (χ2n) is 8.69. The van der Waals surface area contributed by atoms with Crippen molar-refractivity contribution < 1.29 is 27.3 Å². The predicted octanol–water partition coefficient (Wildman–Crippen LogP) is 3.89. The van der Waals surface area contributed by atoms with Crippen LogP contribution in [0.15, 0.2) is 28.8 Å². The van der Waals surface area contributed by atoms with E-state index < -0.39 is 11.7 Å². The van der Waals surface area contributed by atoms with E-state index in [-0.39, 0.29) is 36.7 Å². The summed E-state index contributed by atoms with van der Waals surface area (Å²) in [7, 11) is 0. The van der Waals surface area contributed by atoms with Crippen molar-refractivity contribution in [2.45, 2.75) is 58.3 Å². The molecule has 1 aromatic heterocycles. The number of likely N-dealkylation sites (tertiary alicyclic amines) is 2. The van der Waals surface area contributed by atoms with Gasteiger partial charge in [-0.3, -0.25) is 9.59 Å². The summed E-state index contributed by atoms with van der Waals surface area (Å²) < 4.78 is 43.6. The van der Waals surface area contributed by atoms with Crippen molar-refractivity contribution in [3.05, 3.63) is 52.4 Å². The molecule has 9 heteroatoms. The van der Waals surface area contributed by atoms with Gasteiger partial charge in [0.15, 0.2) is 0 Å². The van der Waals surface area contributed by atoms with Crippen LogP contribution in [0.1, 0.15) is 47.4 Å². The second-order valence-corrected chi connectivity index (χ2v) is 8.69. The van der Waals surface area contributed by atoms with Crippen LogP contribution in [0, 0.1) is 19.8 Å². The Morgan fingerprint density at radius 2 is 1.91 bits per heavy atom. The van der Waals surface area contributed by atoms with E-state index in [0.29, 0.717) is 43.7 Å². The molecule has 2 aliphatic rings. The van der Waals surface area contributed by atoms with Crippen molar-refractivity contribution in [3.8, 4) is 0 Å². The molecule has 2 fully saturated rings. The lowest BCUT2D eigenvalue weighted by atomic mass is 9.83. The third-order valence-electron chi connectivity index (χ3n) is 6.64. The van der Waals surface area contributed by atoms with Crippen molar-refractivity contribution in [1.29, 1.82) is 0 Å². The number of fused-ring (bicyclic) bond motifs is 1.